The van der Waals surface area contributed by atoms with Gasteiger partial charge in [0.2, 0.25) is 0 Å². The van der Waals surface area contributed by atoms with Gasteiger partial charge in [0, 0.05) is 18.2 Å². The molecule has 2 aromatic rings. The maximum Gasteiger partial charge on any atom is 0.471 e. The van der Waals surface area contributed by atoms with E-state index in [4.69, 9.17) is 9.47 Å². The molecule has 1 fully saturated rings. The minimum Gasteiger partial charge on any atom is -0.497 e. The molecule has 10 nitrogen and oxygen atoms in total. The van der Waals surface area contributed by atoms with Crippen LogP contribution in [-0.2, 0) is 29.8 Å². The number of anilines is 1. The van der Waals surface area contributed by atoms with Crippen molar-refractivity contribution in [1.29, 1.82) is 0 Å². The number of hydrogen-bond donors (Lipinski definition) is 2. The molecule has 2 aromatic carbocycles. The van der Waals surface area contributed by atoms with Crippen LogP contribution in [-0.4, -0.2) is 76.7 Å². The minimum absolute atomic E-state index is 0.0651. The molecule has 0 radical (unpaired) electrons. The number of ether oxygens (including phenoxy) is 2. The Balaban J connectivity index is 1.71. The number of benzene rings is 2. The number of rotatable bonds is 7. The Morgan fingerprint density at radius 1 is 1.17 bits per heavy atom. The number of carbonyl (C=O) groups is 2. The maximum absolute atomic E-state index is 14.4. The number of para-hydroxylation sites is 1. The lowest BCUT2D eigenvalue weighted by atomic mass is 9.58. The summed E-state index contributed by atoms with van der Waals surface area (Å²) < 4.78 is 79.7. The first-order valence-electron chi connectivity index (χ1n) is 12.8. The molecule has 14 heteroatoms. The summed E-state index contributed by atoms with van der Waals surface area (Å²) in [5.74, 6) is -5.29. The lowest BCUT2D eigenvalue weighted by molar-refractivity contribution is -0.175. The number of alkyl halides is 3. The van der Waals surface area contributed by atoms with Crippen LogP contribution in [0.25, 0.3) is 0 Å². The van der Waals surface area contributed by atoms with Gasteiger partial charge in [-0.15, -0.1) is 0 Å². The van der Waals surface area contributed by atoms with Gasteiger partial charge in [0.25, 0.3) is 10.0 Å². The van der Waals surface area contributed by atoms with E-state index in [-0.39, 0.29) is 17.9 Å². The van der Waals surface area contributed by atoms with Crippen molar-refractivity contribution >= 4 is 33.3 Å². The van der Waals surface area contributed by atoms with Crippen LogP contribution in [0.4, 0.5) is 18.9 Å². The fourth-order valence-electron chi connectivity index (χ4n) is 6.61. The number of carbonyl (C=O) groups excluding carboxylic acids is 2. The number of halogens is 3. The van der Waals surface area contributed by atoms with Gasteiger partial charge in [-0.05, 0) is 48.7 Å². The Morgan fingerprint density at radius 2 is 1.85 bits per heavy atom. The summed E-state index contributed by atoms with van der Waals surface area (Å²) >= 11 is 0. The number of esters is 1. The molecular weight excluding hydrogens is 567 g/mol. The van der Waals surface area contributed by atoms with Crippen molar-refractivity contribution in [2.24, 2.45) is 16.8 Å². The molecule has 5 atom stereocenters. The van der Waals surface area contributed by atoms with E-state index < -0.39 is 64.0 Å². The topological polar surface area (TPSA) is 135 Å². The standard InChI is InChI=1S/C27H28F3N3O7S/c1-39-15-7-9-16(10-8-15)41(37,38)33-20-6-4-3-5-18(20)26-11-12-31-21(26)13-17(22(23(26)33)24(35)40-2)19(14-34)32-25(36)27(28,29)30/h3-10,17,19,22-23,34H,11-14H2,1-2H3,(H,32,36)/t17-,19-,22+,23-,26+/m0/s1. The number of nitrogens with one attached hydrogen (secondary N) is 1. The van der Waals surface area contributed by atoms with Crippen LogP contribution < -0.4 is 14.4 Å². The van der Waals surface area contributed by atoms with Gasteiger partial charge in [-0.3, -0.25) is 18.9 Å². The predicted molar refractivity (Wildman–Crippen MR) is 140 cm³/mol. The van der Waals surface area contributed by atoms with Crippen LogP contribution in [0.3, 0.4) is 0 Å². The molecular formula is C27H28F3N3O7S. The van der Waals surface area contributed by atoms with Gasteiger partial charge in [-0.2, -0.15) is 13.2 Å². The molecule has 1 aliphatic carbocycles. The van der Waals surface area contributed by atoms with E-state index in [0.717, 1.165) is 11.4 Å². The third-order valence-corrected chi connectivity index (χ3v) is 10.1. The van der Waals surface area contributed by atoms with Crippen LogP contribution in [0, 0.1) is 11.8 Å². The van der Waals surface area contributed by atoms with Crippen molar-refractivity contribution in [2.45, 2.75) is 41.4 Å². The second-order valence-corrected chi connectivity index (χ2v) is 12.0. The van der Waals surface area contributed by atoms with Crippen LogP contribution in [0.2, 0.25) is 0 Å². The van der Waals surface area contributed by atoms with Crippen molar-refractivity contribution in [3.8, 4) is 5.75 Å². The Hall–Kier alpha value is -3.65. The van der Waals surface area contributed by atoms with Crippen molar-refractivity contribution in [3.63, 3.8) is 0 Å². The third-order valence-electron chi connectivity index (χ3n) is 8.31. The zero-order valence-electron chi connectivity index (χ0n) is 22.1. The number of amides is 1. The molecule has 2 N–H and O–H groups in total. The van der Waals surface area contributed by atoms with Gasteiger partial charge >= 0.3 is 18.1 Å². The minimum atomic E-state index is -5.25. The molecule has 5 rings (SSSR count). The molecule has 3 aliphatic rings. The Labute approximate surface area is 234 Å². The zero-order chi connectivity index (χ0) is 29.7. The summed E-state index contributed by atoms with van der Waals surface area (Å²) in [4.78, 5) is 30.0. The molecule has 1 saturated carbocycles. The van der Waals surface area contributed by atoms with E-state index in [1.807, 2.05) is 0 Å². The molecule has 2 aliphatic heterocycles. The second kappa shape index (κ2) is 10.3. The summed E-state index contributed by atoms with van der Waals surface area (Å²) in [6.45, 7) is -0.652. The average Bonchev–Trinajstić information content (AvgIpc) is 3.52. The molecule has 0 saturated heterocycles. The van der Waals surface area contributed by atoms with Gasteiger partial charge < -0.3 is 19.9 Å². The first-order valence-corrected chi connectivity index (χ1v) is 14.2. The SMILES string of the molecule is COC(=O)[C@@H]1[C@H]([C@H](CO)NC(=O)C(F)(F)F)CC2=NCC[C@@]23c2ccccc2N(S(=O)(=O)c2ccc(OC)cc2)[C@@H]13. The lowest BCUT2D eigenvalue weighted by Crippen LogP contribution is -2.65. The molecule has 1 spiro atoms. The third kappa shape index (κ3) is 4.43. The molecule has 41 heavy (non-hydrogen) atoms. The summed E-state index contributed by atoms with van der Waals surface area (Å²) in [6, 6.07) is 9.68. The number of hydrogen-bond acceptors (Lipinski definition) is 8. The quantitative estimate of drug-likeness (QED) is 0.469. The number of aliphatic imine (C=N–C) groups is 1. The first-order chi connectivity index (χ1) is 19.4. The molecule has 220 valence electrons. The Kier molecular flexibility index (Phi) is 7.26. The number of fused-ring (bicyclic) bond motifs is 1. The van der Waals surface area contributed by atoms with E-state index >= 15 is 0 Å². The highest BCUT2D eigenvalue weighted by Gasteiger charge is 2.67. The van der Waals surface area contributed by atoms with Gasteiger partial charge in [0.1, 0.15) is 5.75 Å². The van der Waals surface area contributed by atoms with Gasteiger partial charge in [0.15, 0.2) is 0 Å². The van der Waals surface area contributed by atoms with E-state index in [9.17, 15) is 36.3 Å². The highest BCUT2D eigenvalue weighted by molar-refractivity contribution is 7.93. The van der Waals surface area contributed by atoms with Crippen molar-refractivity contribution in [1.82, 2.24) is 5.32 Å². The van der Waals surface area contributed by atoms with E-state index in [1.54, 1.807) is 29.6 Å². The van der Waals surface area contributed by atoms with Crippen LogP contribution >= 0.6 is 0 Å². The summed E-state index contributed by atoms with van der Waals surface area (Å²) in [6.07, 6.45) is -4.97. The largest absolute Gasteiger partial charge is 0.497 e. The maximum atomic E-state index is 14.4. The predicted octanol–water partition coefficient (Wildman–Crippen LogP) is 2.20. The van der Waals surface area contributed by atoms with Crippen molar-refractivity contribution in [3.05, 3.63) is 54.1 Å². The Morgan fingerprint density at radius 3 is 2.46 bits per heavy atom. The smallest absolute Gasteiger partial charge is 0.471 e. The van der Waals surface area contributed by atoms with E-state index in [2.05, 4.69) is 4.99 Å². The number of aliphatic hydroxyl groups excluding tert-OH is 1. The summed E-state index contributed by atoms with van der Waals surface area (Å²) in [7, 11) is -1.86. The fourth-order valence-corrected chi connectivity index (χ4v) is 8.34. The second-order valence-electron chi connectivity index (χ2n) is 10.2. The highest BCUT2D eigenvalue weighted by Crippen LogP contribution is 2.59. The molecule has 2 heterocycles. The van der Waals surface area contributed by atoms with Crippen molar-refractivity contribution in [2.75, 3.05) is 31.7 Å². The highest BCUT2D eigenvalue weighted by atomic mass is 32.2. The van der Waals surface area contributed by atoms with Gasteiger partial charge in [0.05, 0.1) is 54.8 Å². The molecule has 0 unspecified atom stereocenters. The fraction of sp³-hybridized carbons (Fsp3) is 0.444. The number of nitrogens with zero attached hydrogens (tertiary/aromatic N) is 2. The van der Waals surface area contributed by atoms with Crippen LogP contribution in [0.15, 0.2) is 58.4 Å². The zero-order valence-corrected chi connectivity index (χ0v) is 22.9. The molecule has 0 aromatic heterocycles. The Bertz CT molecular complexity index is 1500. The monoisotopic (exact) mass is 595 g/mol. The number of aliphatic hydroxyl groups is 1. The van der Waals surface area contributed by atoms with E-state index in [0.29, 0.717) is 29.1 Å². The lowest BCUT2D eigenvalue weighted by Gasteiger charge is -2.49. The van der Waals surface area contributed by atoms with Crippen molar-refractivity contribution < 1.29 is 45.8 Å². The van der Waals surface area contributed by atoms with Crippen LogP contribution in [0.1, 0.15) is 18.4 Å². The summed E-state index contributed by atoms with van der Waals surface area (Å²) in [5, 5.41) is 12.0. The number of sulfonamides is 1. The first kappa shape index (κ1) is 28.9. The average molecular weight is 596 g/mol. The van der Waals surface area contributed by atoms with Gasteiger partial charge in [-0.25, -0.2) is 8.42 Å². The summed E-state index contributed by atoms with van der Waals surface area (Å²) in [5.41, 5.74) is 0.342. The van der Waals surface area contributed by atoms with Crippen LogP contribution in [0.5, 0.6) is 5.75 Å². The molecule has 0 bridgehead atoms. The molecule has 1 amide bonds. The van der Waals surface area contributed by atoms with Gasteiger partial charge in [-0.1, -0.05) is 18.2 Å². The number of methoxy groups -OCH3 is 2. The van der Waals surface area contributed by atoms with E-state index in [1.165, 1.54) is 31.4 Å². The normalized spacial score (nSPS) is 25.9.